The Labute approximate surface area is 189 Å². The molecule has 0 spiro atoms. The summed E-state index contributed by atoms with van der Waals surface area (Å²) in [7, 11) is 0. The summed E-state index contributed by atoms with van der Waals surface area (Å²) < 4.78 is 28.4. The number of rotatable bonds is 6. The fourth-order valence-corrected chi connectivity index (χ4v) is 4.03. The Balaban J connectivity index is 1.59. The van der Waals surface area contributed by atoms with Gasteiger partial charge in [0.05, 0.1) is 12.2 Å². The van der Waals surface area contributed by atoms with Crippen molar-refractivity contribution in [2.75, 3.05) is 24.5 Å². The Bertz CT molecular complexity index is 1190. The third-order valence-corrected chi connectivity index (χ3v) is 5.71. The monoisotopic (exact) mass is 454 g/mol. The molecule has 1 aliphatic rings. The van der Waals surface area contributed by atoms with E-state index in [-0.39, 0.29) is 29.3 Å². The molecule has 0 aliphatic carbocycles. The van der Waals surface area contributed by atoms with E-state index < -0.39 is 17.7 Å². The molecule has 7 nitrogen and oxygen atoms in total. The van der Waals surface area contributed by atoms with Gasteiger partial charge in [-0.3, -0.25) is 9.69 Å². The zero-order valence-corrected chi connectivity index (χ0v) is 17.9. The maximum Gasteiger partial charge on any atom is 0.411 e. The quantitative estimate of drug-likeness (QED) is 0.593. The Morgan fingerprint density at radius 3 is 2.52 bits per heavy atom. The molecule has 33 heavy (non-hydrogen) atoms. The van der Waals surface area contributed by atoms with Crippen LogP contribution in [0.4, 0.5) is 19.3 Å². The van der Waals surface area contributed by atoms with Crippen LogP contribution in [0, 0.1) is 17.6 Å². The van der Waals surface area contributed by atoms with Gasteiger partial charge in [0.1, 0.15) is 11.6 Å². The normalized spacial score (nSPS) is 14.2. The van der Waals surface area contributed by atoms with E-state index in [0.717, 1.165) is 44.1 Å². The molecule has 172 valence electrons. The van der Waals surface area contributed by atoms with E-state index in [4.69, 9.17) is 0 Å². The topological polar surface area (TPSA) is 87.5 Å². The van der Waals surface area contributed by atoms with Gasteiger partial charge in [-0.1, -0.05) is 12.1 Å². The second-order valence-corrected chi connectivity index (χ2v) is 8.13. The maximum absolute atomic E-state index is 13.6. The number of carboxylic acid groups (broad SMARTS) is 1. The second-order valence-electron chi connectivity index (χ2n) is 8.13. The van der Waals surface area contributed by atoms with E-state index >= 15 is 0 Å². The number of aromatic nitrogens is 2. The summed E-state index contributed by atoms with van der Waals surface area (Å²) in [5.41, 5.74) is 1.29. The van der Waals surface area contributed by atoms with E-state index in [0.29, 0.717) is 17.8 Å². The molecule has 1 fully saturated rings. The first-order chi connectivity index (χ1) is 15.9. The summed E-state index contributed by atoms with van der Waals surface area (Å²) in [5.74, 6) is -1.20. The predicted molar refractivity (Wildman–Crippen MR) is 120 cm³/mol. The van der Waals surface area contributed by atoms with Gasteiger partial charge in [-0.25, -0.2) is 18.3 Å². The fraction of sp³-hybridized carbons (Fsp3) is 0.292. The van der Waals surface area contributed by atoms with Gasteiger partial charge in [0, 0.05) is 29.9 Å². The highest BCUT2D eigenvalue weighted by Gasteiger charge is 2.22. The lowest BCUT2D eigenvalue weighted by molar-refractivity contribution is 0.199. The molecule has 1 aliphatic heterocycles. The highest BCUT2D eigenvalue weighted by Crippen LogP contribution is 2.22. The maximum atomic E-state index is 13.6. The minimum Gasteiger partial charge on any atom is -0.465 e. The van der Waals surface area contributed by atoms with Crippen LogP contribution in [0.15, 0.2) is 59.4 Å². The van der Waals surface area contributed by atoms with Crippen molar-refractivity contribution in [1.29, 1.82) is 0 Å². The number of amides is 1. The summed E-state index contributed by atoms with van der Waals surface area (Å²) in [6.07, 6.45) is 0.795. The van der Waals surface area contributed by atoms with E-state index in [2.05, 4.69) is 10.4 Å². The molecule has 1 aromatic heterocycles. The molecule has 0 saturated carbocycles. The van der Waals surface area contributed by atoms with Crippen LogP contribution in [0.2, 0.25) is 0 Å². The Hall–Kier alpha value is -3.59. The van der Waals surface area contributed by atoms with Gasteiger partial charge in [0.15, 0.2) is 0 Å². The molecule has 2 N–H and O–H groups in total. The van der Waals surface area contributed by atoms with E-state index in [1.54, 1.807) is 24.3 Å². The average molecular weight is 454 g/mol. The lowest BCUT2D eigenvalue weighted by Crippen LogP contribution is -2.38. The SMILES string of the molecule is O=C(O)N(CC1CCNCC1)c1cccc(Cn2nc(-c3cc(F)cc(F)c3)ccc2=O)c1. The van der Waals surface area contributed by atoms with Crippen LogP contribution in [-0.2, 0) is 6.54 Å². The van der Waals surface area contributed by atoms with Crippen molar-refractivity contribution in [3.05, 3.63) is 82.1 Å². The van der Waals surface area contributed by atoms with Crippen LogP contribution in [0.3, 0.4) is 0 Å². The number of halogens is 2. The van der Waals surface area contributed by atoms with Crippen molar-refractivity contribution in [3.8, 4) is 11.3 Å². The van der Waals surface area contributed by atoms with Crippen LogP contribution in [-0.4, -0.2) is 40.6 Å². The van der Waals surface area contributed by atoms with Crippen molar-refractivity contribution < 1.29 is 18.7 Å². The van der Waals surface area contributed by atoms with Crippen molar-refractivity contribution in [3.63, 3.8) is 0 Å². The average Bonchev–Trinajstić information content (AvgIpc) is 2.79. The highest BCUT2D eigenvalue weighted by atomic mass is 19.1. The van der Waals surface area contributed by atoms with Crippen LogP contribution in [0.1, 0.15) is 18.4 Å². The number of carbonyl (C=O) groups is 1. The van der Waals surface area contributed by atoms with Crippen molar-refractivity contribution in [2.24, 2.45) is 5.92 Å². The molecule has 0 bridgehead atoms. The number of anilines is 1. The highest BCUT2D eigenvalue weighted by molar-refractivity contribution is 5.86. The molecule has 2 aromatic carbocycles. The molecule has 0 radical (unpaired) electrons. The molecule has 3 aromatic rings. The van der Waals surface area contributed by atoms with Gasteiger partial charge >= 0.3 is 6.09 Å². The van der Waals surface area contributed by atoms with Crippen molar-refractivity contribution in [1.82, 2.24) is 15.1 Å². The zero-order chi connectivity index (χ0) is 23.4. The molecule has 1 amide bonds. The zero-order valence-electron chi connectivity index (χ0n) is 17.9. The molecular formula is C24H24F2N4O3. The largest absolute Gasteiger partial charge is 0.465 e. The van der Waals surface area contributed by atoms with Gasteiger partial charge in [-0.15, -0.1) is 0 Å². The predicted octanol–water partition coefficient (Wildman–Crippen LogP) is 3.72. The molecule has 4 rings (SSSR count). The third-order valence-electron chi connectivity index (χ3n) is 5.71. The molecule has 2 heterocycles. The molecular weight excluding hydrogens is 430 g/mol. The standard InChI is InChI=1S/C24H24F2N4O3/c25-19-11-18(12-20(26)13-19)22-4-5-23(31)30(28-22)15-17-2-1-3-21(10-17)29(24(32)33)14-16-6-8-27-9-7-16/h1-5,10-13,16,27H,6-9,14-15H2,(H,32,33). The number of piperidine rings is 1. The van der Waals surface area contributed by atoms with Gasteiger partial charge in [0.2, 0.25) is 0 Å². The minimum atomic E-state index is -1.03. The van der Waals surface area contributed by atoms with Gasteiger partial charge in [-0.2, -0.15) is 5.10 Å². The smallest absolute Gasteiger partial charge is 0.411 e. The van der Waals surface area contributed by atoms with Crippen LogP contribution >= 0.6 is 0 Å². The Morgan fingerprint density at radius 1 is 1.09 bits per heavy atom. The first-order valence-corrected chi connectivity index (χ1v) is 10.7. The Kier molecular flexibility index (Phi) is 6.79. The van der Waals surface area contributed by atoms with Crippen molar-refractivity contribution in [2.45, 2.75) is 19.4 Å². The van der Waals surface area contributed by atoms with E-state index in [1.807, 2.05) is 0 Å². The second kappa shape index (κ2) is 9.91. The van der Waals surface area contributed by atoms with Crippen LogP contribution in [0.5, 0.6) is 0 Å². The summed E-state index contributed by atoms with van der Waals surface area (Å²) in [4.78, 5) is 25.6. The summed E-state index contributed by atoms with van der Waals surface area (Å²) in [6, 6.07) is 12.7. The van der Waals surface area contributed by atoms with Crippen LogP contribution in [0.25, 0.3) is 11.3 Å². The number of benzene rings is 2. The minimum absolute atomic E-state index is 0.0825. The molecule has 0 unspecified atom stereocenters. The lowest BCUT2D eigenvalue weighted by atomic mass is 9.97. The molecule has 0 atom stereocenters. The van der Waals surface area contributed by atoms with Gasteiger partial charge < -0.3 is 10.4 Å². The first kappa shape index (κ1) is 22.6. The third kappa shape index (κ3) is 5.61. The lowest BCUT2D eigenvalue weighted by Gasteiger charge is -2.28. The van der Waals surface area contributed by atoms with E-state index in [1.165, 1.54) is 21.7 Å². The van der Waals surface area contributed by atoms with Gasteiger partial charge in [-0.05, 0) is 67.7 Å². The van der Waals surface area contributed by atoms with Crippen molar-refractivity contribution >= 4 is 11.8 Å². The van der Waals surface area contributed by atoms with Crippen LogP contribution < -0.4 is 15.8 Å². The summed E-state index contributed by atoms with van der Waals surface area (Å²) in [6.45, 7) is 2.23. The number of nitrogens with zero attached hydrogens (tertiary/aromatic N) is 3. The number of nitrogens with one attached hydrogen (secondary N) is 1. The number of hydrogen-bond acceptors (Lipinski definition) is 4. The fourth-order valence-electron chi connectivity index (χ4n) is 4.03. The number of hydrogen-bond donors (Lipinski definition) is 2. The Morgan fingerprint density at radius 2 is 1.82 bits per heavy atom. The first-order valence-electron chi connectivity index (χ1n) is 10.7. The van der Waals surface area contributed by atoms with Gasteiger partial charge in [0.25, 0.3) is 5.56 Å². The molecule has 9 heteroatoms. The summed E-state index contributed by atoms with van der Waals surface area (Å²) >= 11 is 0. The molecule has 1 saturated heterocycles. The van der Waals surface area contributed by atoms with E-state index in [9.17, 15) is 23.5 Å². The summed E-state index contributed by atoms with van der Waals surface area (Å²) in [5, 5.41) is 17.3.